The second-order valence-electron chi connectivity index (χ2n) is 14.5. The zero-order chi connectivity index (χ0) is 37.8. The third-order valence-electron chi connectivity index (χ3n) is 10.4. The van der Waals surface area contributed by atoms with Gasteiger partial charge in [-0.3, -0.25) is 4.79 Å². The molecule has 0 bridgehead atoms. The molecule has 4 aliphatic heterocycles. The van der Waals surface area contributed by atoms with Crippen molar-refractivity contribution in [3.8, 4) is 11.5 Å². The normalized spacial score (nSPS) is 22.1. The van der Waals surface area contributed by atoms with Gasteiger partial charge in [-0.05, 0) is 51.1 Å². The van der Waals surface area contributed by atoms with Crippen LogP contribution in [0.5, 0.6) is 11.5 Å². The van der Waals surface area contributed by atoms with E-state index in [1.165, 1.54) is 0 Å². The largest absolute Gasteiger partial charge is 0.493 e. The number of benzene rings is 1. The molecule has 6 heterocycles. The van der Waals surface area contributed by atoms with Crippen LogP contribution in [0.3, 0.4) is 0 Å². The second kappa shape index (κ2) is 19.6. The maximum atomic E-state index is 12.2. The summed E-state index contributed by atoms with van der Waals surface area (Å²) in [6.45, 7) is 6.85. The van der Waals surface area contributed by atoms with Gasteiger partial charge in [0.2, 0.25) is 11.9 Å². The highest BCUT2D eigenvalue weighted by Gasteiger charge is 2.42. The van der Waals surface area contributed by atoms with Crippen molar-refractivity contribution in [3.63, 3.8) is 0 Å². The molecule has 1 aromatic carbocycles. The van der Waals surface area contributed by atoms with Gasteiger partial charge in [-0.2, -0.15) is 16.7 Å². The monoisotopic (exact) mass is 781 g/mol. The highest BCUT2D eigenvalue weighted by Crippen LogP contribution is 2.37. The Labute approximate surface area is 326 Å². The number of fused-ring (bicyclic) bond motifs is 2. The predicted octanol–water partition coefficient (Wildman–Crippen LogP) is 2.45. The average Bonchev–Trinajstić information content (AvgIpc) is 4.02. The highest BCUT2D eigenvalue weighted by molar-refractivity contribution is 8.00. The molecule has 4 aliphatic rings. The van der Waals surface area contributed by atoms with Crippen molar-refractivity contribution >= 4 is 46.4 Å². The lowest BCUT2D eigenvalue weighted by Crippen LogP contribution is -2.38. The molecule has 300 valence electrons. The van der Waals surface area contributed by atoms with Crippen molar-refractivity contribution in [2.24, 2.45) is 0 Å². The number of amides is 3. The number of hydrogen-bond acceptors (Lipinski definition) is 14. The Bertz CT molecular complexity index is 1720. The highest BCUT2D eigenvalue weighted by atomic mass is 32.2. The molecule has 2 aromatic heterocycles. The number of carbonyl (C=O) groups is 2. The van der Waals surface area contributed by atoms with Crippen LogP contribution in [-0.2, 0) is 27.4 Å². The van der Waals surface area contributed by atoms with Gasteiger partial charge in [0.1, 0.15) is 18.1 Å². The predicted molar refractivity (Wildman–Crippen MR) is 210 cm³/mol. The summed E-state index contributed by atoms with van der Waals surface area (Å²) in [5.41, 5.74) is 1.48. The van der Waals surface area contributed by atoms with Crippen LogP contribution in [0.25, 0.3) is 10.9 Å². The number of unbranched alkanes of at least 4 members (excludes halogenated alkanes) is 1. The second-order valence-corrected chi connectivity index (χ2v) is 15.8. The van der Waals surface area contributed by atoms with Crippen LogP contribution in [0.4, 0.5) is 16.6 Å². The summed E-state index contributed by atoms with van der Waals surface area (Å²) in [5.74, 6) is 3.74. The molecule has 55 heavy (non-hydrogen) atoms. The fourth-order valence-corrected chi connectivity index (χ4v) is 9.05. The summed E-state index contributed by atoms with van der Waals surface area (Å²) in [5, 5.41) is 25.9. The lowest BCUT2D eigenvalue weighted by Gasteiger charge is -2.26. The lowest BCUT2D eigenvalue weighted by atomic mass is 10.0. The van der Waals surface area contributed by atoms with Gasteiger partial charge in [0.15, 0.2) is 11.5 Å². The van der Waals surface area contributed by atoms with E-state index in [4.69, 9.17) is 28.9 Å². The summed E-state index contributed by atoms with van der Waals surface area (Å²) in [7, 11) is 1.64. The molecule has 4 atom stereocenters. The fourth-order valence-electron chi connectivity index (χ4n) is 7.50. The molecule has 3 aromatic rings. The average molecular weight is 782 g/mol. The number of rotatable bonds is 21. The maximum absolute atomic E-state index is 12.2. The Kier molecular flexibility index (Phi) is 14.0. The number of hydrogen-bond donors (Lipinski definition) is 5. The van der Waals surface area contributed by atoms with Gasteiger partial charge >= 0.3 is 6.03 Å². The molecule has 0 radical (unpaired) electrons. The number of nitrogens with one attached hydrogen (secondary N) is 5. The Balaban J connectivity index is 0.782. The first kappa shape index (κ1) is 39.1. The van der Waals surface area contributed by atoms with E-state index in [9.17, 15) is 9.59 Å². The van der Waals surface area contributed by atoms with Crippen molar-refractivity contribution in [1.82, 2.24) is 46.2 Å². The standard InChI is InChI=1S/C37H55N11O6S/c1-51-30-19-27-28(41-36(47-12-4-5-13-47)44-35(27)40-25-7-6-10-38-21-25)20-31(30)54-23-26-22-48(46-45-26)14-16-53-18-17-52-15-11-39-33(49)9-3-2-8-32-34-29(24-55-32)42-37(50)43-34/h19-20,22,25,29,32,34,38H,2-18,21,23-24H2,1H3,(H,39,49)(H,40,41,44)(H2,42,43,50)/t25?,29-,32-,34-/m0/s1. The number of aromatic nitrogens is 5. The topological polar surface area (TPSA) is 191 Å². The van der Waals surface area contributed by atoms with Crippen molar-refractivity contribution in [3.05, 3.63) is 24.0 Å². The molecule has 0 aliphatic carbocycles. The number of carbonyl (C=O) groups excluding carboxylic acids is 2. The molecular weight excluding hydrogens is 727 g/mol. The molecule has 0 saturated carbocycles. The Hall–Kier alpha value is -4.13. The van der Waals surface area contributed by atoms with Crippen molar-refractivity contribution in [2.45, 2.75) is 87.9 Å². The molecule has 17 nitrogen and oxygen atoms in total. The Morgan fingerprint density at radius 2 is 1.91 bits per heavy atom. The number of thioether (sulfide) groups is 1. The number of piperidine rings is 1. The van der Waals surface area contributed by atoms with Crippen LogP contribution in [0.1, 0.15) is 57.1 Å². The first-order chi connectivity index (χ1) is 27.0. The number of urea groups is 1. The van der Waals surface area contributed by atoms with E-state index in [2.05, 4.69) is 41.8 Å². The van der Waals surface area contributed by atoms with Gasteiger partial charge in [0, 0.05) is 61.1 Å². The van der Waals surface area contributed by atoms with Gasteiger partial charge in [0.25, 0.3) is 0 Å². The molecule has 5 N–H and O–H groups in total. The van der Waals surface area contributed by atoms with Gasteiger partial charge in [0.05, 0.1) is 63.9 Å². The van der Waals surface area contributed by atoms with Crippen molar-refractivity contribution in [2.75, 3.05) is 82.2 Å². The zero-order valence-electron chi connectivity index (χ0n) is 31.7. The SMILES string of the molecule is COc1cc2c(NC3CCCNC3)nc(N3CCCC3)nc2cc1OCc1cn(CCOCCOCCNC(=O)CCCC[C@@H]2SC[C@@H]3NC(=O)N[C@@H]32)nn1. The van der Waals surface area contributed by atoms with E-state index in [1.54, 1.807) is 11.8 Å². The van der Waals surface area contributed by atoms with Crippen molar-refractivity contribution in [1.29, 1.82) is 0 Å². The van der Waals surface area contributed by atoms with Gasteiger partial charge in [-0.15, -0.1) is 5.10 Å². The number of nitrogens with zero attached hydrogens (tertiary/aromatic N) is 6. The molecular formula is C37H55N11O6S. The van der Waals surface area contributed by atoms with Crippen LogP contribution >= 0.6 is 11.8 Å². The summed E-state index contributed by atoms with van der Waals surface area (Å²) in [6.07, 6.45) is 9.66. The maximum Gasteiger partial charge on any atom is 0.315 e. The van der Waals surface area contributed by atoms with E-state index in [0.29, 0.717) is 74.4 Å². The number of anilines is 2. The van der Waals surface area contributed by atoms with Crippen molar-refractivity contribution < 1.29 is 28.5 Å². The minimum atomic E-state index is -0.0611. The smallest absolute Gasteiger partial charge is 0.315 e. The third kappa shape index (κ3) is 10.8. The van der Waals surface area contributed by atoms with Crippen LogP contribution in [-0.4, -0.2) is 132 Å². The number of methoxy groups -OCH3 is 1. The Morgan fingerprint density at radius 3 is 2.75 bits per heavy atom. The van der Waals surface area contributed by atoms with E-state index in [-0.39, 0.29) is 30.6 Å². The summed E-state index contributed by atoms with van der Waals surface area (Å²) in [6, 6.07) is 4.58. The first-order valence-corrected chi connectivity index (χ1v) is 20.8. The molecule has 7 rings (SSSR count). The molecule has 1 unspecified atom stereocenters. The molecule has 4 fully saturated rings. The zero-order valence-corrected chi connectivity index (χ0v) is 32.5. The third-order valence-corrected chi connectivity index (χ3v) is 12.0. The van der Waals surface area contributed by atoms with Crippen LogP contribution in [0, 0.1) is 0 Å². The van der Waals surface area contributed by atoms with Gasteiger partial charge in [-0.25, -0.2) is 14.5 Å². The fraction of sp³-hybridized carbons (Fsp3) is 0.676. The van der Waals surface area contributed by atoms with Crippen LogP contribution in [0.2, 0.25) is 0 Å². The lowest BCUT2D eigenvalue weighted by molar-refractivity contribution is -0.121. The Morgan fingerprint density at radius 1 is 1.04 bits per heavy atom. The van der Waals surface area contributed by atoms with E-state index >= 15 is 0 Å². The number of ether oxygens (including phenoxy) is 4. The molecule has 4 saturated heterocycles. The molecule has 0 spiro atoms. The minimum absolute atomic E-state index is 0.0389. The summed E-state index contributed by atoms with van der Waals surface area (Å²) in [4.78, 5) is 35.9. The summed E-state index contributed by atoms with van der Waals surface area (Å²) >= 11 is 1.90. The summed E-state index contributed by atoms with van der Waals surface area (Å²) < 4.78 is 25.0. The van der Waals surface area contributed by atoms with Gasteiger partial charge < -0.3 is 50.4 Å². The first-order valence-electron chi connectivity index (χ1n) is 19.8. The molecule has 3 amide bonds. The van der Waals surface area contributed by atoms with E-state index in [0.717, 1.165) is 99.5 Å². The minimum Gasteiger partial charge on any atom is -0.493 e. The van der Waals surface area contributed by atoms with E-state index in [1.807, 2.05) is 30.1 Å². The quantitative estimate of drug-likeness (QED) is 0.0783. The van der Waals surface area contributed by atoms with Gasteiger partial charge in [-0.1, -0.05) is 11.6 Å². The van der Waals surface area contributed by atoms with Crippen LogP contribution in [0.15, 0.2) is 18.3 Å². The van der Waals surface area contributed by atoms with Crippen LogP contribution < -0.4 is 41.0 Å². The van der Waals surface area contributed by atoms with E-state index < -0.39 is 0 Å². The molecule has 18 heteroatoms.